The molecule has 74 valence electrons. The molecule has 0 bridgehead atoms. The van der Waals surface area contributed by atoms with Crippen molar-refractivity contribution < 1.29 is 4.79 Å². The summed E-state index contributed by atoms with van der Waals surface area (Å²) in [5, 5.41) is 2.76. The third-order valence-electron chi connectivity index (χ3n) is 1.32. The zero-order valence-electron chi connectivity index (χ0n) is 9.11. The van der Waals surface area contributed by atoms with E-state index in [1.807, 2.05) is 20.8 Å². The highest BCUT2D eigenvalue weighted by Crippen LogP contribution is 2.02. The van der Waals surface area contributed by atoms with Gasteiger partial charge in [0, 0.05) is 13.0 Å². The van der Waals surface area contributed by atoms with Crippen LogP contribution in [0.2, 0.25) is 0 Å². The summed E-state index contributed by atoms with van der Waals surface area (Å²) in [6, 6.07) is 0. The van der Waals surface area contributed by atoms with E-state index in [9.17, 15) is 4.79 Å². The van der Waals surface area contributed by atoms with E-state index < -0.39 is 0 Å². The third kappa shape index (κ3) is 12.2. The maximum atomic E-state index is 10.8. The minimum absolute atomic E-state index is 0.177. The van der Waals surface area contributed by atoms with Gasteiger partial charge in [-0.05, 0) is 19.3 Å². The van der Waals surface area contributed by atoms with Gasteiger partial charge in [0.05, 0.1) is 0 Å². The standard InChI is InChI=1S/C8H17NO.C2H6/c1-4-9-8(10)6-5-7(2)3;1-2/h7H,4-6H2,1-3H3,(H,9,10);1-2H3. The lowest BCUT2D eigenvalue weighted by molar-refractivity contribution is -0.121. The van der Waals surface area contributed by atoms with Gasteiger partial charge in [-0.1, -0.05) is 27.7 Å². The van der Waals surface area contributed by atoms with Crippen molar-refractivity contribution in [2.45, 2.75) is 47.5 Å². The van der Waals surface area contributed by atoms with Crippen molar-refractivity contribution in [2.75, 3.05) is 6.54 Å². The lowest BCUT2D eigenvalue weighted by Crippen LogP contribution is -2.22. The van der Waals surface area contributed by atoms with Crippen molar-refractivity contribution >= 4 is 5.91 Å². The summed E-state index contributed by atoms with van der Waals surface area (Å²) >= 11 is 0. The van der Waals surface area contributed by atoms with E-state index in [1.165, 1.54) is 0 Å². The molecule has 0 atom stereocenters. The molecular weight excluding hydrogens is 150 g/mol. The maximum Gasteiger partial charge on any atom is 0.219 e. The van der Waals surface area contributed by atoms with Crippen LogP contribution in [0.5, 0.6) is 0 Å². The molecule has 2 heteroatoms. The van der Waals surface area contributed by atoms with Gasteiger partial charge in [0.1, 0.15) is 0 Å². The minimum Gasteiger partial charge on any atom is -0.356 e. The summed E-state index contributed by atoms with van der Waals surface area (Å²) in [7, 11) is 0. The van der Waals surface area contributed by atoms with Crippen LogP contribution in [-0.4, -0.2) is 12.5 Å². The van der Waals surface area contributed by atoms with Gasteiger partial charge >= 0.3 is 0 Å². The van der Waals surface area contributed by atoms with Crippen molar-refractivity contribution in [3.05, 3.63) is 0 Å². The Kier molecular flexibility index (Phi) is 12.2. The van der Waals surface area contributed by atoms with Gasteiger partial charge in [-0.3, -0.25) is 4.79 Å². The lowest BCUT2D eigenvalue weighted by atomic mass is 10.1. The second-order valence-corrected chi connectivity index (χ2v) is 2.89. The molecule has 0 aromatic heterocycles. The van der Waals surface area contributed by atoms with Crippen LogP contribution >= 0.6 is 0 Å². The smallest absolute Gasteiger partial charge is 0.219 e. The fourth-order valence-electron chi connectivity index (χ4n) is 0.705. The van der Waals surface area contributed by atoms with Crippen LogP contribution in [0.25, 0.3) is 0 Å². The Morgan fingerprint density at radius 2 is 1.83 bits per heavy atom. The molecule has 0 radical (unpaired) electrons. The second-order valence-electron chi connectivity index (χ2n) is 2.89. The minimum atomic E-state index is 0.177. The first kappa shape index (κ1) is 14.0. The van der Waals surface area contributed by atoms with Gasteiger partial charge in [0.15, 0.2) is 0 Å². The first-order valence-corrected chi connectivity index (χ1v) is 4.93. The van der Waals surface area contributed by atoms with E-state index in [-0.39, 0.29) is 5.91 Å². The maximum absolute atomic E-state index is 10.8. The average Bonchev–Trinajstić information content (AvgIpc) is 2.05. The van der Waals surface area contributed by atoms with Crippen LogP contribution in [-0.2, 0) is 4.79 Å². The molecule has 0 saturated carbocycles. The van der Waals surface area contributed by atoms with Gasteiger partial charge < -0.3 is 5.32 Å². The van der Waals surface area contributed by atoms with E-state index in [0.29, 0.717) is 12.3 Å². The average molecular weight is 173 g/mol. The van der Waals surface area contributed by atoms with Gasteiger partial charge in [0.2, 0.25) is 5.91 Å². The van der Waals surface area contributed by atoms with Crippen molar-refractivity contribution in [2.24, 2.45) is 5.92 Å². The highest BCUT2D eigenvalue weighted by molar-refractivity contribution is 5.75. The molecule has 0 saturated heterocycles. The van der Waals surface area contributed by atoms with Crippen LogP contribution in [0.3, 0.4) is 0 Å². The van der Waals surface area contributed by atoms with Crippen molar-refractivity contribution in [1.82, 2.24) is 5.32 Å². The molecule has 0 fully saturated rings. The van der Waals surface area contributed by atoms with Crippen molar-refractivity contribution in [3.8, 4) is 0 Å². The molecule has 0 aliphatic heterocycles. The third-order valence-corrected chi connectivity index (χ3v) is 1.32. The highest BCUT2D eigenvalue weighted by Gasteiger charge is 2.00. The molecule has 2 nitrogen and oxygen atoms in total. The fraction of sp³-hybridized carbons (Fsp3) is 0.900. The molecule has 0 aliphatic carbocycles. The molecule has 0 aromatic rings. The largest absolute Gasteiger partial charge is 0.356 e. The fourth-order valence-corrected chi connectivity index (χ4v) is 0.705. The summed E-state index contributed by atoms with van der Waals surface area (Å²) in [5.41, 5.74) is 0. The van der Waals surface area contributed by atoms with E-state index >= 15 is 0 Å². The zero-order valence-corrected chi connectivity index (χ0v) is 9.11. The molecule has 1 amide bonds. The van der Waals surface area contributed by atoms with Gasteiger partial charge in [-0.15, -0.1) is 0 Å². The predicted molar refractivity (Wildman–Crippen MR) is 54.1 cm³/mol. The first-order valence-electron chi connectivity index (χ1n) is 4.93. The summed E-state index contributed by atoms with van der Waals surface area (Å²) in [4.78, 5) is 10.8. The molecule has 0 unspecified atom stereocenters. The van der Waals surface area contributed by atoms with Crippen LogP contribution in [0.15, 0.2) is 0 Å². The van der Waals surface area contributed by atoms with Crippen molar-refractivity contribution in [1.29, 1.82) is 0 Å². The van der Waals surface area contributed by atoms with Gasteiger partial charge in [-0.2, -0.15) is 0 Å². The molecule has 0 spiro atoms. The number of hydrogen-bond donors (Lipinski definition) is 1. The normalized spacial score (nSPS) is 8.83. The Balaban J connectivity index is 0. The van der Waals surface area contributed by atoms with Gasteiger partial charge in [0.25, 0.3) is 0 Å². The van der Waals surface area contributed by atoms with E-state index in [2.05, 4.69) is 19.2 Å². The predicted octanol–water partition coefficient (Wildman–Crippen LogP) is 2.58. The van der Waals surface area contributed by atoms with Crippen LogP contribution < -0.4 is 5.32 Å². The molecule has 0 aliphatic rings. The zero-order chi connectivity index (χ0) is 9.98. The molecule has 0 aromatic carbocycles. The quantitative estimate of drug-likeness (QED) is 0.695. The second kappa shape index (κ2) is 10.5. The highest BCUT2D eigenvalue weighted by atomic mass is 16.1. The van der Waals surface area contributed by atoms with E-state index in [4.69, 9.17) is 0 Å². The Morgan fingerprint density at radius 3 is 2.17 bits per heavy atom. The van der Waals surface area contributed by atoms with Crippen LogP contribution in [0.4, 0.5) is 0 Å². The first-order chi connectivity index (χ1) is 5.66. The molecule has 12 heavy (non-hydrogen) atoms. The molecule has 1 N–H and O–H groups in total. The number of rotatable bonds is 4. The SMILES string of the molecule is CC.CCNC(=O)CCC(C)C. The monoisotopic (exact) mass is 173 g/mol. The van der Waals surface area contributed by atoms with E-state index in [1.54, 1.807) is 0 Å². The number of amides is 1. The molecular formula is C10H23NO. The summed E-state index contributed by atoms with van der Waals surface area (Å²) in [5.74, 6) is 0.804. The van der Waals surface area contributed by atoms with Crippen LogP contribution in [0.1, 0.15) is 47.5 Å². The summed E-state index contributed by atoms with van der Waals surface area (Å²) in [6.07, 6.45) is 1.66. The Labute approximate surface area is 76.7 Å². The Hall–Kier alpha value is -0.530. The lowest BCUT2D eigenvalue weighted by Gasteiger charge is -2.03. The number of nitrogens with one attached hydrogen (secondary N) is 1. The molecule has 0 heterocycles. The Bertz CT molecular complexity index is 100. The molecule has 0 rings (SSSR count). The van der Waals surface area contributed by atoms with Crippen molar-refractivity contribution in [3.63, 3.8) is 0 Å². The summed E-state index contributed by atoms with van der Waals surface area (Å²) < 4.78 is 0. The number of carbonyl (C=O) groups excluding carboxylic acids is 1. The number of hydrogen-bond acceptors (Lipinski definition) is 1. The summed E-state index contributed by atoms with van der Waals surface area (Å²) in [6.45, 7) is 10.9. The number of carbonyl (C=O) groups is 1. The van der Waals surface area contributed by atoms with Gasteiger partial charge in [-0.25, -0.2) is 0 Å². The van der Waals surface area contributed by atoms with Crippen LogP contribution in [0, 0.1) is 5.92 Å². The van der Waals surface area contributed by atoms with E-state index in [0.717, 1.165) is 13.0 Å². The topological polar surface area (TPSA) is 29.1 Å². The Morgan fingerprint density at radius 1 is 1.33 bits per heavy atom.